The van der Waals surface area contributed by atoms with Gasteiger partial charge >= 0.3 is 0 Å². The zero-order valence-electron chi connectivity index (χ0n) is 8.31. The Morgan fingerprint density at radius 1 is 1.47 bits per heavy atom. The first kappa shape index (κ1) is 9.86. The molecule has 2 rings (SSSR count). The van der Waals surface area contributed by atoms with E-state index in [9.17, 15) is 4.39 Å². The second-order valence-corrected chi connectivity index (χ2v) is 3.33. The molecule has 1 N–H and O–H groups in total. The lowest BCUT2D eigenvalue weighted by molar-refractivity contribution is 0.281. The van der Waals surface area contributed by atoms with Gasteiger partial charge in [-0.3, -0.25) is 0 Å². The van der Waals surface area contributed by atoms with Gasteiger partial charge in [0.25, 0.3) is 0 Å². The number of aliphatic hydroxyl groups excluding tert-OH is 1. The van der Waals surface area contributed by atoms with E-state index in [-0.39, 0.29) is 12.4 Å². The number of nitrogens with zero attached hydrogens (tertiary/aromatic N) is 2. The fourth-order valence-corrected chi connectivity index (χ4v) is 1.52. The summed E-state index contributed by atoms with van der Waals surface area (Å²) in [6.45, 7) is 1.64. The summed E-state index contributed by atoms with van der Waals surface area (Å²) in [5.74, 6) is -0.362. The standard InChI is InChI=1S/C11H11FN2O/c1-8-5-14(7-13-8)11-9(6-15)3-2-4-10(11)12/h2-5,7,15H,6H2,1H3. The molecule has 3 nitrogen and oxygen atoms in total. The number of imidazole rings is 1. The molecule has 0 saturated carbocycles. The average Bonchev–Trinajstić information content (AvgIpc) is 2.64. The maximum absolute atomic E-state index is 13.6. The van der Waals surface area contributed by atoms with Gasteiger partial charge < -0.3 is 9.67 Å². The number of para-hydroxylation sites is 1. The van der Waals surface area contributed by atoms with Gasteiger partial charge in [-0.15, -0.1) is 0 Å². The molecule has 4 heteroatoms. The maximum atomic E-state index is 13.6. The van der Waals surface area contributed by atoms with Crippen molar-refractivity contribution in [1.82, 2.24) is 9.55 Å². The average molecular weight is 206 g/mol. The molecule has 0 spiro atoms. The third-order valence-electron chi connectivity index (χ3n) is 2.21. The molecule has 1 heterocycles. The van der Waals surface area contributed by atoms with Crippen LogP contribution in [0, 0.1) is 12.7 Å². The Balaban J connectivity index is 2.60. The van der Waals surface area contributed by atoms with Gasteiger partial charge in [0.1, 0.15) is 5.82 Å². The molecule has 0 radical (unpaired) electrons. The monoisotopic (exact) mass is 206 g/mol. The van der Waals surface area contributed by atoms with Gasteiger partial charge in [-0.1, -0.05) is 12.1 Å². The predicted octanol–water partition coefficient (Wildman–Crippen LogP) is 1.81. The third kappa shape index (κ3) is 1.76. The van der Waals surface area contributed by atoms with E-state index in [1.54, 1.807) is 22.9 Å². The minimum Gasteiger partial charge on any atom is -0.392 e. The molecule has 0 aliphatic heterocycles. The molecular weight excluding hydrogens is 195 g/mol. The largest absolute Gasteiger partial charge is 0.392 e. The van der Waals surface area contributed by atoms with Gasteiger partial charge in [0, 0.05) is 11.8 Å². The first-order valence-corrected chi connectivity index (χ1v) is 4.61. The number of rotatable bonds is 2. The van der Waals surface area contributed by atoms with Gasteiger partial charge in [-0.2, -0.15) is 0 Å². The minimum absolute atomic E-state index is 0.190. The highest BCUT2D eigenvalue weighted by Crippen LogP contribution is 2.18. The van der Waals surface area contributed by atoms with Crippen LogP contribution in [-0.4, -0.2) is 14.7 Å². The van der Waals surface area contributed by atoms with Gasteiger partial charge in [0.15, 0.2) is 0 Å². The lowest BCUT2D eigenvalue weighted by atomic mass is 10.2. The van der Waals surface area contributed by atoms with Crippen LogP contribution >= 0.6 is 0 Å². The zero-order chi connectivity index (χ0) is 10.8. The number of benzene rings is 1. The molecular formula is C11H11FN2O. The van der Waals surface area contributed by atoms with Gasteiger partial charge in [0.05, 0.1) is 24.3 Å². The molecule has 15 heavy (non-hydrogen) atoms. The Labute approximate surface area is 86.8 Å². The van der Waals surface area contributed by atoms with Gasteiger partial charge in [0.2, 0.25) is 0 Å². The first-order chi connectivity index (χ1) is 7.22. The minimum atomic E-state index is -0.362. The van der Waals surface area contributed by atoms with Crippen molar-refractivity contribution < 1.29 is 9.50 Å². The molecule has 0 unspecified atom stereocenters. The zero-order valence-corrected chi connectivity index (χ0v) is 8.31. The van der Waals surface area contributed by atoms with Crippen LogP contribution in [0.3, 0.4) is 0 Å². The second kappa shape index (κ2) is 3.82. The summed E-state index contributed by atoms with van der Waals surface area (Å²) < 4.78 is 15.2. The van der Waals surface area contributed by atoms with E-state index >= 15 is 0 Å². The summed E-state index contributed by atoms with van der Waals surface area (Å²) >= 11 is 0. The van der Waals surface area contributed by atoms with Gasteiger partial charge in [-0.25, -0.2) is 9.37 Å². The van der Waals surface area contributed by atoms with E-state index in [0.29, 0.717) is 11.3 Å². The highest BCUT2D eigenvalue weighted by atomic mass is 19.1. The molecule has 78 valence electrons. The van der Waals surface area contributed by atoms with E-state index < -0.39 is 0 Å². The van der Waals surface area contributed by atoms with Gasteiger partial charge in [-0.05, 0) is 13.0 Å². The van der Waals surface area contributed by atoms with Crippen LogP contribution in [0.15, 0.2) is 30.7 Å². The summed E-state index contributed by atoms with van der Waals surface area (Å²) in [5.41, 5.74) is 1.72. The van der Waals surface area contributed by atoms with Crippen molar-refractivity contribution in [3.05, 3.63) is 47.8 Å². The highest BCUT2D eigenvalue weighted by molar-refractivity contribution is 5.42. The Kier molecular flexibility index (Phi) is 2.51. The first-order valence-electron chi connectivity index (χ1n) is 4.61. The van der Waals surface area contributed by atoms with Crippen LogP contribution in [0.1, 0.15) is 11.3 Å². The highest BCUT2D eigenvalue weighted by Gasteiger charge is 2.09. The Hall–Kier alpha value is -1.68. The van der Waals surface area contributed by atoms with Crippen molar-refractivity contribution in [1.29, 1.82) is 0 Å². The summed E-state index contributed by atoms with van der Waals surface area (Å²) in [5, 5.41) is 9.11. The van der Waals surface area contributed by atoms with E-state index in [1.165, 1.54) is 12.4 Å². The number of aromatic nitrogens is 2. The van der Waals surface area contributed by atoms with Crippen molar-refractivity contribution in [2.75, 3.05) is 0 Å². The van der Waals surface area contributed by atoms with E-state index in [2.05, 4.69) is 4.98 Å². The molecule has 0 aliphatic carbocycles. The van der Waals surface area contributed by atoms with Crippen LogP contribution in [0.4, 0.5) is 4.39 Å². The van der Waals surface area contributed by atoms with Crippen LogP contribution in [-0.2, 0) is 6.61 Å². The summed E-state index contributed by atoms with van der Waals surface area (Å²) in [6, 6.07) is 4.63. The third-order valence-corrected chi connectivity index (χ3v) is 2.21. The fourth-order valence-electron chi connectivity index (χ4n) is 1.52. The van der Waals surface area contributed by atoms with Crippen molar-refractivity contribution in [3.63, 3.8) is 0 Å². The molecule has 0 saturated heterocycles. The van der Waals surface area contributed by atoms with E-state index in [1.807, 2.05) is 6.92 Å². The Morgan fingerprint density at radius 2 is 2.27 bits per heavy atom. The molecule has 0 bridgehead atoms. The van der Waals surface area contributed by atoms with Crippen LogP contribution < -0.4 is 0 Å². The van der Waals surface area contributed by atoms with Crippen molar-refractivity contribution in [3.8, 4) is 5.69 Å². The lowest BCUT2D eigenvalue weighted by Crippen LogP contribution is -2.00. The van der Waals surface area contributed by atoms with Crippen LogP contribution in [0.2, 0.25) is 0 Å². The summed E-state index contributed by atoms with van der Waals surface area (Å²) in [6.07, 6.45) is 3.25. The smallest absolute Gasteiger partial charge is 0.147 e. The van der Waals surface area contributed by atoms with Crippen molar-refractivity contribution >= 4 is 0 Å². The second-order valence-electron chi connectivity index (χ2n) is 3.33. The Bertz CT molecular complexity index is 479. The quantitative estimate of drug-likeness (QED) is 0.813. The molecule has 2 aromatic rings. The van der Waals surface area contributed by atoms with Crippen molar-refractivity contribution in [2.24, 2.45) is 0 Å². The van der Waals surface area contributed by atoms with E-state index in [4.69, 9.17) is 5.11 Å². The Morgan fingerprint density at radius 3 is 2.87 bits per heavy atom. The molecule has 1 aromatic carbocycles. The number of aliphatic hydroxyl groups is 1. The molecule has 0 aliphatic rings. The SMILES string of the molecule is Cc1cn(-c2c(F)cccc2CO)cn1. The van der Waals surface area contributed by atoms with Crippen molar-refractivity contribution in [2.45, 2.75) is 13.5 Å². The number of aryl methyl sites for hydroxylation is 1. The topological polar surface area (TPSA) is 38.0 Å². The van der Waals surface area contributed by atoms with E-state index in [0.717, 1.165) is 5.69 Å². The molecule has 0 amide bonds. The molecule has 0 atom stereocenters. The number of hydrogen-bond donors (Lipinski definition) is 1. The fraction of sp³-hybridized carbons (Fsp3) is 0.182. The van der Waals surface area contributed by atoms with Crippen LogP contribution in [0.25, 0.3) is 5.69 Å². The normalized spacial score (nSPS) is 10.6. The number of hydrogen-bond acceptors (Lipinski definition) is 2. The summed E-state index contributed by atoms with van der Waals surface area (Å²) in [7, 11) is 0. The maximum Gasteiger partial charge on any atom is 0.147 e. The lowest BCUT2D eigenvalue weighted by Gasteiger charge is -2.08. The predicted molar refractivity (Wildman–Crippen MR) is 54.2 cm³/mol. The molecule has 0 fully saturated rings. The summed E-state index contributed by atoms with van der Waals surface area (Å²) in [4.78, 5) is 4.02. The number of halogens is 1. The van der Waals surface area contributed by atoms with Crippen LogP contribution in [0.5, 0.6) is 0 Å². The molecule has 1 aromatic heterocycles.